The van der Waals surface area contributed by atoms with Crippen LogP contribution in [0, 0.1) is 45.3 Å². The summed E-state index contributed by atoms with van der Waals surface area (Å²) in [7, 11) is 0. The van der Waals surface area contributed by atoms with Crippen LogP contribution in [0.5, 0.6) is 0 Å². The summed E-state index contributed by atoms with van der Waals surface area (Å²) in [6.45, 7) is 6.53. The van der Waals surface area contributed by atoms with Gasteiger partial charge in [0.2, 0.25) is 0 Å². The van der Waals surface area contributed by atoms with E-state index in [9.17, 15) is 14.7 Å². The van der Waals surface area contributed by atoms with E-state index in [-0.39, 0.29) is 22.2 Å². The summed E-state index contributed by atoms with van der Waals surface area (Å²) in [5.41, 5.74) is -0.625. The molecule has 0 radical (unpaired) electrons. The van der Waals surface area contributed by atoms with Crippen LogP contribution in [0.3, 0.4) is 0 Å². The number of carbonyl (C=O) groups is 2. The fourth-order valence-corrected chi connectivity index (χ4v) is 8.53. The topological polar surface area (TPSA) is 54.4 Å². The number of carboxylic acids is 1. The third kappa shape index (κ3) is 1.27. The third-order valence-corrected chi connectivity index (χ3v) is 9.74. The van der Waals surface area contributed by atoms with Crippen LogP contribution in [0.1, 0.15) is 65.7 Å². The van der Waals surface area contributed by atoms with Gasteiger partial charge >= 0.3 is 5.97 Å². The summed E-state index contributed by atoms with van der Waals surface area (Å²) < 4.78 is 0. The van der Waals surface area contributed by atoms with Crippen molar-refractivity contribution in [3.63, 3.8) is 0 Å². The monoisotopic (exact) mass is 316 g/mol. The van der Waals surface area contributed by atoms with Crippen LogP contribution in [0.2, 0.25) is 0 Å². The van der Waals surface area contributed by atoms with Gasteiger partial charge < -0.3 is 5.11 Å². The van der Waals surface area contributed by atoms with Gasteiger partial charge in [0.1, 0.15) is 5.78 Å². The number of aliphatic carboxylic acids is 1. The van der Waals surface area contributed by atoms with E-state index >= 15 is 0 Å². The minimum atomic E-state index is -0.616. The van der Waals surface area contributed by atoms with Crippen molar-refractivity contribution in [1.29, 1.82) is 0 Å². The SMILES string of the molecule is C[C@@]12CCC[C@@](C)(C(=O)O)[C@H]1CC[C@@]13C[C@H]4[C@@H](C[C@H]12)[C@]4(C)C3=O. The highest BCUT2D eigenvalue weighted by molar-refractivity contribution is 5.98. The molecule has 8 atom stereocenters. The first-order valence-electron chi connectivity index (χ1n) is 9.49. The van der Waals surface area contributed by atoms with Crippen LogP contribution in [0.25, 0.3) is 0 Å². The maximum absolute atomic E-state index is 13.3. The Morgan fingerprint density at radius 2 is 1.83 bits per heavy atom. The normalized spacial score (nSPS) is 62.5. The number of carbonyl (C=O) groups excluding carboxylic acids is 1. The first-order chi connectivity index (χ1) is 10.7. The fraction of sp³-hybridized carbons (Fsp3) is 0.900. The Morgan fingerprint density at radius 1 is 1.09 bits per heavy atom. The first-order valence-corrected chi connectivity index (χ1v) is 9.49. The number of carboxylic acid groups (broad SMARTS) is 1. The first kappa shape index (κ1) is 14.5. The van der Waals surface area contributed by atoms with Crippen LogP contribution in [-0.2, 0) is 9.59 Å². The largest absolute Gasteiger partial charge is 0.481 e. The van der Waals surface area contributed by atoms with Crippen molar-refractivity contribution in [3.8, 4) is 0 Å². The van der Waals surface area contributed by atoms with Crippen LogP contribution in [-0.4, -0.2) is 16.9 Å². The maximum atomic E-state index is 13.3. The highest BCUT2D eigenvalue weighted by atomic mass is 16.4. The van der Waals surface area contributed by atoms with E-state index < -0.39 is 11.4 Å². The predicted molar refractivity (Wildman–Crippen MR) is 85.7 cm³/mol. The average molecular weight is 316 g/mol. The highest BCUT2D eigenvalue weighted by Crippen LogP contribution is 2.83. The van der Waals surface area contributed by atoms with Gasteiger partial charge in [-0.25, -0.2) is 0 Å². The fourth-order valence-electron chi connectivity index (χ4n) is 8.53. The highest BCUT2D eigenvalue weighted by Gasteiger charge is 2.83. The number of hydrogen-bond acceptors (Lipinski definition) is 2. The zero-order chi connectivity index (χ0) is 16.4. The quantitative estimate of drug-likeness (QED) is 0.798. The average Bonchev–Trinajstić information content (AvgIpc) is 3.03. The molecule has 0 amide bonds. The lowest BCUT2D eigenvalue weighted by Crippen LogP contribution is -2.61. The molecule has 0 aromatic carbocycles. The molecule has 0 aromatic heterocycles. The third-order valence-electron chi connectivity index (χ3n) is 9.74. The number of Topliss-reactive ketones (excluding diaryl/α,β-unsaturated/α-hetero) is 1. The van der Waals surface area contributed by atoms with E-state index in [0.29, 0.717) is 23.5 Å². The van der Waals surface area contributed by atoms with Gasteiger partial charge in [-0.1, -0.05) is 20.3 Å². The van der Waals surface area contributed by atoms with Gasteiger partial charge in [0.15, 0.2) is 0 Å². The van der Waals surface area contributed by atoms with Crippen LogP contribution in [0.15, 0.2) is 0 Å². The maximum Gasteiger partial charge on any atom is 0.309 e. The molecule has 3 heteroatoms. The molecule has 23 heavy (non-hydrogen) atoms. The molecule has 0 saturated heterocycles. The Kier molecular flexibility index (Phi) is 2.33. The molecule has 1 N–H and O–H groups in total. The standard InChI is InChI=1S/C20H28O3/c1-17-6-4-7-18(2,16(22)23)13(17)5-8-20-10-12-11(9-14(17)20)19(12,3)15(20)21/h11-14H,4-10H2,1-3H3,(H,22,23)/t11-,12+,13+,14+,17-,18-,19+,20-/m1/s1. The minimum Gasteiger partial charge on any atom is -0.481 e. The molecule has 0 heterocycles. The molecule has 126 valence electrons. The van der Waals surface area contributed by atoms with Crippen LogP contribution >= 0.6 is 0 Å². The van der Waals surface area contributed by atoms with Gasteiger partial charge in [0.05, 0.1) is 5.41 Å². The Bertz CT molecular complexity index is 641. The number of fused-ring (bicyclic) bond motifs is 1. The summed E-state index contributed by atoms with van der Waals surface area (Å²) in [5, 5.41) is 9.91. The predicted octanol–water partition coefficient (Wildman–Crippen LogP) is 3.91. The van der Waals surface area contributed by atoms with E-state index in [0.717, 1.165) is 38.5 Å². The van der Waals surface area contributed by atoms with Crippen molar-refractivity contribution in [3.05, 3.63) is 0 Å². The molecule has 3 nitrogen and oxygen atoms in total. The van der Waals surface area contributed by atoms with Gasteiger partial charge in [-0.15, -0.1) is 0 Å². The lowest BCUT2D eigenvalue weighted by molar-refractivity contribution is -0.188. The lowest BCUT2D eigenvalue weighted by Gasteiger charge is -2.64. The Labute approximate surface area is 138 Å². The number of ketones is 1. The smallest absolute Gasteiger partial charge is 0.309 e. The lowest BCUT2D eigenvalue weighted by atomic mass is 9.39. The second-order valence-electron chi connectivity index (χ2n) is 10.1. The minimum absolute atomic E-state index is 0.00443. The second-order valence-corrected chi connectivity index (χ2v) is 10.1. The van der Waals surface area contributed by atoms with E-state index in [1.54, 1.807) is 0 Å². The molecule has 6 aliphatic carbocycles. The van der Waals surface area contributed by atoms with Crippen molar-refractivity contribution >= 4 is 11.8 Å². The summed E-state index contributed by atoms with van der Waals surface area (Å²) in [5.74, 6) is 1.90. The van der Waals surface area contributed by atoms with E-state index in [1.807, 2.05) is 6.92 Å². The van der Waals surface area contributed by atoms with Gasteiger partial charge in [0.25, 0.3) is 0 Å². The Hall–Kier alpha value is -0.860. The van der Waals surface area contributed by atoms with Crippen molar-refractivity contribution in [2.75, 3.05) is 0 Å². The molecule has 6 saturated carbocycles. The second kappa shape index (κ2) is 3.70. The molecular weight excluding hydrogens is 288 g/mol. The van der Waals surface area contributed by atoms with E-state index in [1.165, 1.54) is 6.42 Å². The molecule has 4 bridgehead atoms. The van der Waals surface area contributed by atoms with Gasteiger partial charge in [-0.3, -0.25) is 9.59 Å². The molecule has 0 aliphatic heterocycles. The number of rotatable bonds is 1. The van der Waals surface area contributed by atoms with Crippen molar-refractivity contribution < 1.29 is 14.7 Å². The summed E-state index contributed by atoms with van der Waals surface area (Å²) in [6, 6.07) is 0. The molecule has 6 rings (SSSR count). The molecule has 1 spiro atoms. The molecule has 6 aliphatic rings. The summed E-state index contributed by atoms with van der Waals surface area (Å²) in [6.07, 6.45) is 7.13. The molecule has 0 unspecified atom stereocenters. The summed E-state index contributed by atoms with van der Waals surface area (Å²) in [4.78, 5) is 25.3. The molecule has 0 aromatic rings. The Morgan fingerprint density at radius 3 is 2.43 bits per heavy atom. The van der Waals surface area contributed by atoms with E-state index in [2.05, 4.69) is 13.8 Å². The van der Waals surface area contributed by atoms with Gasteiger partial charge in [-0.2, -0.15) is 0 Å². The Balaban J connectivity index is 1.60. The summed E-state index contributed by atoms with van der Waals surface area (Å²) >= 11 is 0. The zero-order valence-corrected chi connectivity index (χ0v) is 14.5. The van der Waals surface area contributed by atoms with Crippen LogP contribution < -0.4 is 0 Å². The van der Waals surface area contributed by atoms with Gasteiger partial charge in [-0.05, 0) is 74.5 Å². The van der Waals surface area contributed by atoms with E-state index in [4.69, 9.17) is 0 Å². The van der Waals surface area contributed by atoms with Crippen molar-refractivity contribution in [2.45, 2.75) is 65.7 Å². The van der Waals surface area contributed by atoms with Gasteiger partial charge in [0, 0.05) is 10.8 Å². The van der Waals surface area contributed by atoms with Crippen molar-refractivity contribution in [1.82, 2.24) is 0 Å². The number of hydrogen-bond donors (Lipinski definition) is 1. The molecular formula is C20H28O3. The zero-order valence-electron chi connectivity index (χ0n) is 14.5. The van der Waals surface area contributed by atoms with Crippen LogP contribution in [0.4, 0.5) is 0 Å². The van der Waals surface area contributed by atoms with Crippen molar-refractivity contribution in [2.24, 2.45) is 45.3 Å². The molecule has 6 fully saturated rings.